The fourth-order valence-electron chi connectivity index (χ4n) is 3.66. The first-order chi connectivity index (χ1) is 16.4. The Labute approximate surface area is 204 Å². The number of hydrogen-bond acceptors (Lipinski definition) is 9. The number of rotatable bonds is 9. The molecule has 1 aliphatic rings. The second-order valence-corrected chi connectivity index (χ2v) is 12.3. The molecule has 4 rings (SSSR count). The van der Waals surface area contributed by atoms with Crippen molar-refractivity contribution in [3.05, 3.63) is 59.1 Å². The summed E-state index contributed by atoms with van der Waals surface area (Å²) in [5.74, 6) is -1.28. The van der Waals surface area contributed by atoms with Gasteiger partial charge in [-0.25, -0.2) is 9.50 Å². The zero-order valence-corrected chi connectivity index (χ0v) is 20.5. The lowest BCUT2D eigenvalue weighted by Gasteiger charge is -2.18. The van der Waals surface area contributed by atoms with E-state index in [9.17, 15) is 24.2 Å². The van der Waals surface area contributed by atoms with Gasteiger partial charge < -0.3 is 39.5 Å². The molecule has 0 radical (unpaired) electrons. The highest BCUT2D eigenvalue weighted by molar-refractivity contribution is 7.70. The number of aromatic nitrogens is 3. The number of benzene rings is 1. The summed E-state index contributed by atoms with van der Waals surface area (Å²) < 4.78 is 34.6. The summed E-state index contributed by atoms with van der Waals surface area (Å²) >= 11 is 6.19. The third-order valence-corrected chi connectivity index (χ3v) is 8.89. The van der Waals surface area contributed by atoms with E-state index in [1.807, 2.05) is 30.3 Å². The Balaban J connectivity index is 1.52. The molecule has 1 saturated heterocycles. The fourth-order valence-corrected chi connectivity index (χ4v) is 6.41. The summed E-state index contributed by atoms with van der Waals surface area (Å²) in [6, 6.07) is 11.2. The molecule has 0 amide bonds. The highest BCUT2D eigenvalue weighted by atomic mass is 35.5. The number of ether oxygens (including phenoxy) is 1. The smallest absolute Gasteiger partial charge is 0.340 e. The Bertz CT molecular complexity index is 1290. The van der Waals surface area contributed by atoms with Crippen LogP contribution in [0.4, 0.5) is 5.69 Å². The molecule has 6 N–H and O–H groups in total. The molecular weight excluding hydrogens is 526 g/mol. The average molecular weight is 549 g/mol. The molecule has 1 unspecified atom stereocenters. The summed E-state index contributed by atoms with van der Waals surface area (Å²) in [6.45, 7) is -0.211. The Kier molecular flexibility index (Phi) is 7.65. The van der Waals surface area contributed by atoms with Crippen molar-refractivity contribution < 1.29 is 43.3 Å². The average Bonchev–Trinajstić information content (AvgIpc) is 3.31. The quantitative estimate of drug-likeness (QED) is 0.211. The van der Waals surface area contributed by atoms with Crippen LogP contribution in [0.2, 0.25) is 5.15 Å². The van der Waals surface area contributed by atoms with Gasteiger partial charge in [-0.2, -0.15) is 5.10 Å². The molecule has 2 aromatic heterocycles. The van der Waals surface area contributed by atoms with Gasteiger partial charge in [0.15, 0.2) is 16.9 Å². The maximum Gasteiger partial charge on any atom is 0.340 e. The molecule has 5 atom stereocenters. The van der Waals surface area contributed by atoms with Crippen LogP contribution in [0.5, 0.6) is 0 Å². The van der Waals surface area contributed by atoms with E-state index >= 15 is 0 Å². The van der Waals surface area contributed by atoms with Gasteiger partial charge in [-0.1, -0.05) is 41.9 Å². The minimum absolute atomic E-state index is 0.113. The highest BCUT2D eigenvalue weighted by Gasteiger charge is 2.46. The second-order valence-electron chi connectivity index (χ2n) is 7.95. The zero-order valence-electron chi connectivity index (χ0n) is 18.0. The molecule has 190 valence electrons. The van der Waals surface area contributed by atoms with E-state index in [-0.39, 0.29) is 11.0 Å². The number of anilines is 1. The number of fused-ring (bicyclic) bond motifs is 1. The molecule has 1 fully saturated rings. The normalized spacial score (nSPS) is 24.5. The first-order valence-electron chi connectivity index (χ1n) is 10.3. The molecule has 16 heteroatoms. The van der Waals surface area contributed by atoms with Crippen LogP contribution in [0.25, 0.3) is 5.52 Å². The van der Waals surface area contributed by atoms with Crippen molar-refractivity contribution in [3.8, 4) is 0 Å². The summed E-state index contributed by atoms with van der Waals surface area (Å²) in [5, 5.41) is 28.5. The topological polar surface area (TPSA) is 196 Å². The zero-order chi connectivity index (χ0) is 25.4. The van der Waals surface area contributed by atoms with Crippen molar-refractivity contribution in [1.29, 1.82) is 0 Å². The monoisotopic (exact) mass is 548 g/mol. The molecule has 3 aromatic rings. The Morgan fingerprint density at radius 2 is 1.86 bits per heavy atom. The van der Waals surface area contributed by atoms with Crippen LogP contribution in [0.15, 0.2) is 42.6 Å². The summed E-state index contributed by atoms with van der Waals surface area (Å²) in [4.78, 5) is 31.7. The number of hydrogen-bond donors (Lipinski definition) is 6. The lowest BCUT2D eigenvalue weighted by molar-refractivity contribution is -0.0217. The largest absolute Gasteiger partial charge is 0.387 e. The maximum absolute atomic E-state index is 11.9. The number of nitrogens with zero attached hydrogens (tertiary/aromatic N) is 3. The minimum atomic E-state index is -4.82. The van der Waals surface area contributed by atoms with Crippen molar-refractivity contribution in [2.24, 2.45) is 0 Å². The number of nitrogens with one attached hydrogen (secondary N) is 1. The van der Waals surface area contributed by atoms with Crippen LogP contribution in [-0.2, 0) is 24.9 Å². The predicted molar refractivity (Wildman–Crippen MR) is 124 cm³/mol. The number of imidazole rings is 1. The molecule has 3 heterocycles. The lowest BCUT2D eigenvalue weighted by atomic mass is 10.1. The van der Waals surface area contributed by atoms with Gasteiger partial charge in [0.25, 0.3) is 0 Å². The van der Waals surface area contributed by atoms with E-state index in [1.54, 1.807) is 6.07 Å². The summed E-state index contributed by atoms with van der Waals surface area (Å²) in [7, 11) is -9.49. The molecule has 1 aliphatic heterocycles. The Morgan fingerprint density at radius 1 is 1.14 bits per heavy atom. The van der Waals surface area contributed by atoms with Crippen LogP contribution in [0.1, 0.15) is 17.5 Å². The maximum atomic E-state index is 11.9. The third kappa shape index (κ3) is 6.28. The second kappa shape index (κ2) is 10.2. The van der Waals surface area contributed by atoms with Gasteiger partial charge >= 0.3 is 15.2 Å². The first kappa shape index (κ1) is 26.2. The van der Waals surface area contributed by atoms with E-state index in [0.29, 0.717) is 17.7 Å². The van der Waals surface area contributed by atoms with Crippen molar-refractivity contribution >= 4 is 38.0 Å². The van der Waals surface area contributed by atoms with Gasteiger partial charge in [-0.3, -0.25) is 9.13 Å². The highest BCUT2D eigenvalue weighted by Crippen LogP contribution is 2.55. The number of halogens is 1. The van der Waals surface area contributed by atoms with E-state index in [2.05, 4.69) is 15.4 Å². The standard InChI is InChI=1S/C19H23ClN4O9P2/c20-15-6-12(21-7-11-4-2-1-3-5-11)13-8-22-19(24(13)23-15)18-17(26)16(25)14(33-18)9-32-35(30,31)10-34(27,28)29/h1-6,8,14,16-18,21,25-26H,7,9-10H2,(H,30,31)(H2,27,28,29)/t14-,16-,17-,18-/m1/s1. The molecule has 35 heavy (non-hydrogen) atoms. The van der Waals surface area contributed by atoms with Crippen molar-refractivity contribution in [2.45, 2.75) is 31.0 Å². The van der Waals surface area contributed by atoms with Crippen molar-refractivity contribution in [1.82, 2.24) is 14.6 Å². The molecule has 0 saturated carbocycles. The predicted octanol–water partition coefficient (Wildman–Crippen LogP) is 1.49. The number of aliphatic hydroxyl groups is 2. The van der Waals surface area contributed by atoms with E-state index in [1.165, 1.54) is 10.7 Å². The van der Waals surface area contributed by atoms with E-state index in [4.69, 9.17) is 30.6 Å². The summed E-state index contributed by atoms with van der Waals surface area (Å²) in [5.41, 5.74) is 2.16. The van der Waals surface area contributed by atoms with Gasteiger partial charge in [-0.05, 0) is 5.56 Å². The van der Waals surface area contributed by atoms with Crippen LogP contribution in [-0.4, -0.2) is 70.3 Å². The van der Waals surface area contributed by atoms with Gasteiger partial charge in [0, 0.05) is 12.6 Å². The van der Waals surface area contributed by atoms with Gasteiger partial charge in [-0.15, -0.1) is 0 Å². The molecule has 0 spiro atoms. The number of aliphatic hydroxyl groups excluding tert-OH is 2. The molecule has 13 nitrogen and oxygen atoms in total. The Morgan fingerprint density at radius 3 is 2.54 bits per heavy atom. The van der Waals surface area contributed by atoms with Crippen LogP contribution in [0, 0.1) is 0 Å². The molecule has 1 aromatic carbocycles. The third-order valence-electron chi connectivity index (χ3n) is 5.25. The summed E-state index contributed by atoms with van der Waals surface area (Å²) in [6.07, 6.45) is -4.04. The molecular formula is C19H23ClN4O9P2. The first-order valence-corrected chi connectivity index (χ1v) is 14.2. The van der Waals surface area contributed by atoms with E-state index in [0.717, 1.165) is 5.56 Å². The van der Waals surface area contributed by atoms with Crippen LogP contribution in [0.3, 0.4) is 0 Å². The minimum Gasteiger partial charge on any atom is -0.387 e. The van der Waals surface area contributed by atoms with Crippen molar-refractivity contribution in [2.75, 3.05) is 17.8 Å². The van der Waals surface area contributed by atoms with Crippen molar-refractivity contribution in [3.63, 3.8) is 0 Å². The lowest BCUT2D eigenvalue weighted by Crippen LogP contribution is -2.33. The molecule has 0 aliphatic carbocycles. The van der Waals surface area contributed by atoms with Crippen LogP contribution >= 0.6 is 26.8 Å². The van der Waals surface area contributed by atoms with Crippen LogP contribution < -0.4 is 5.32 Å². The van der Waals surface area contributed by atoms with Gasteiger partial charge in [0.2, 0.25) is 0 Å². The van der Waals surface area contributed by atoms with Gasteiger partial charge in [0.1, 0.15) is 29.9 Å². The fraction of sp³-hybridized carbons (Fsp3) is 0.368. The van der Waals surface area contributed by atoms with E-state index < -0.39 is 52.1 Å². The van der Waals surface area contributed by atoms with Gasteiger partial charge in [0.05, 0.1) is 18.5 Å². The SMILES string of the molecule is O=P(O)(O)CP(=O)(O)OC[C@H]1O[C@@H](c2ncc3c(NCc4ccccc4)cc(Cl)nn23)[C@H](O)[C@@H]1O. The Hall–Kier alpha value is -1.89. The molecule has 0 bridgehead atoms.